The van der Waals surface area contributed by atoms with Gasteiger partial charge in [0, 0.05) is 23.4 Å². The van der Waals surface area contributed by atoms with Crippen LogP contribution in [-0.4, -0.2) is 28.8 Å². The van der Waals surface area contributed by atoms with Crippen LogP contribution in [0.25, 0.3) is 23.0 Å². The summed E-state index contributed by atoms with van der Waals surface area (Å²) in [5, 5.41) is 17.0. The lowest BCUT2D eigenvalue weighted by Gasteiger charge is -2.08. The summed E-state index contributed by atoms with van der Waals surface area (Å²) in [7, 11) is 1.60. The SMILES string of the molecule is COc1ccccc1-c1nn(-c2ccccc2)cc1/C=C(\C#N)C(=O)NC(C)C. The fourth-order valence-corrected chi connectivity index (χ4v) is 2.90. The minimum Gasteiger partial charge on any atom is -0.496 e. The molecule has 2 aromatic carbocycles. The molecule has 29 heavy (non-hydrogen) atoms. The molecule has 0 aliphatic carbocycles. The predicted molar refractivity (Wildman–Crippen MR) is 112 cm³/mol. The van der Waals surface area contributed by atoms with Crippen molar-refractivity contribution in [3.8, 4) is 28.8 Å². The number of carbonyl (C=O) groups excluding carboxylic acids is 1. The zero-order valence-electron chi connectivity index (χ0n) is 16.6. The number of carbonyl (C=O) groups is 1. The van der Waals surface area contributed by atoms with Crippen LogP contribution in [0, 0.1) is 11.3 Å². The Hall–Kier alpha value is -3.85. The van der Waals surface area contributed by atoms with Crippen molar-refractivity contribution in [1.29, 1.82) is 5.26 Å². The number of hydrogen-bond donors (Lipinski definition) is 1. The zero-order valence-corrected chi connectivity index (χ0v) is 16.6. The predicted octanol–water partition coefficient (Wildman–Crippen LogP) is 3.98. The molecule has 0 atom stereocenters. The number of nitrogens with one attached hydrogen (secondary N) is 1. The van der Waals surface area contributed by atoms with Gasteiger partial charge in [0.1, 0.15) is 23.1 Å². The molecule has 6 heteroatoms. The van der Waals surface area contributed by atoms with E-state index in [0.29, 0.717) is 17.0 Å². The molecule has 0 aliphatic rings. The van der Waals surface area contributed by atoms with Crippen molar-refractivity contribution in [2.24, 2.45) is 0 Å². The van der Waals surface area contributed by atoms with Gasteiger partial charge in [0.25, 0.3) is 5.91 Å². The summed E-state index contributed by atoms with van der Waals surface area (Å²) in [5.74, 6) is 0.242. The highest BCUT2D eigenvalue weighted by Gasteiger charge is 2.17. The second kappa shape index (κ2) is 8.89. The van der Waals surface area contributed by atoms with Gasteiger partial charge in [-0.25, -0.2) is 4.68 Å². The number of para-hydroxylation sites is 2. The Kier molecular flexibility index (Phi) is 6.10. The Balaban J connectivity index is 2.17. The highest BCUT2D eigenvalue weighted by Crippen LogP contribution is 2.32. The summed E-state index contributed by atoms with van der Waals surface area (Å²) in [6, 6.07) is 19.1. The molecule has 1 N–H and O–H groups in total. The van der Waals surface area contributed by atoms with E-state index in [2.05, 4.69) is 5.32 Å². The molecule has 0 spiro atoms. The number of aromatic nitrogens is 2. The molecule has 3 aromatic rings. The number of hydrogen-bond acceptors (Lipinski definition) is 4. The van der Waals surface area contributed by atoms with Crippen molar-refractivity contribution in [3.63, 3.8) is 0 Å². The third-order valence-electron chi connectivity index (χ3n) is 4.21. The van der Waals surface area contributed by atoms with Crippen LogP contribution in [0.4, 0.5) is 0 Å². The first kappa shape index (κ1) is 19.9. The number of nitrogens with zero attached hydrogens (tertiary/aromatic N) is 3. The number of nitriles is 1. The molecule has 1 aromatic heterocycles. The van der Waals surface area contributed by atoms with Crippen LogP contribution in [-0.2, 0) is 4.79 Å². The third kappa shape index (κ3) is 4.53. The van der Waals surface area contributed by atoms with E-state index in [-0.39, 0.29) is 11.6 Å². The average molecular weight is 386 g/mol. The van der Waals surface area contributed by atoms with Crippen molar-refractivity contribution in [2.75, 3.05) is 7.11 Å². The molecule has 0 fully saturated rings. The number of benzene rings is 2. The van der Waals surface area contributed by atoms with Crippen molar-refractivity contribution < 1.29 is 9.53 Å². The molecule has 6 nitrogen and oxygen atoms in total. The van der Waals surface area contributed by atoms with Crippen LogP contribution in [0.3, 0.4) is 0 Å². The molecule has 0 aliphatic heterocycles. The summed E-state index contributed by atoms with van der Waals surface area (Å²) in [6.45, 7) is 3.70. The molecule has 0 bridgehead atoms. The van der Waals surface area contributed by atoms with Crippen LogP contribution in [0.5, 0.6) is 5.75 Å². The Morgan fingerprint density at radius 3 is 2.52 bits per heavy atom. The minimum absolute atomic E-state index is 0.0162. The molecule has 0 saturated carbocycles. The van der Waals surface area contributed by atoms with Crippen molar-refractivity contribution in [3.05, 3.63) is 71.9 Å². The van der Waals surface area contributed by atoms with E-state index in [0.717, 1.165) is 11.3 Å². The molecule has 3 rings (SSSR count). The van der Waals surface area contributed by atoms with Crippen molar-refractivity contribution in [2.45, 2.75) is 19.9 Å². The number of amides is 1. The summed E-state index contributed by atoms with van der Waals surface area (Å²) < 4.78 is 7.21. The second-order valence-electron chi connectivity index (χ2n) is 6.71. The maximum Gasteiger partial charge on any atom is 0.262 e. The van der Waals surface area contributed by atoms with Gasteiger partial charge in [-0.3, -0.25) is 4.79 Å². The summed E-state index contributed by atoms with van der Waals surface area (Å²) in [6.07, 6.45) is 3.36. The Morgan fingerprint density at radius 1 is 1.17 bits per heavy atom. The normalized spacial score (nSPS) is 11.2. The lowest BCUT2D eigenvalue weighted by atomic mass is 10.0. The van der Waals surface area contributed by atoms with Gasteiger partial charge >= 0.3 is 0 Å². The maximum atomic E-state index is 12.4. The van der Waals surface area contributed by atoms with Gasteiger partial charge in [-0.2, -0.15) is 10.4 Å². The zero-order chi connectivity index (χ0) is 20.8. The first-order valence-electron chi connectivity index (χ1n) is 9.24. The van der Waals surface area contributed by atoms with E-state index in [9.17, 15) is 10.1 Å². The van der Waals surface area contributed by atoms with Gasteiger partial charge in [0.2, 0.25) is 0 Å². The smallest absolute Gasteiger partial charge is 0.262 e. The lowest BCUT2D eigenvalue weighted by molar-refractivity contribution is -0.117. The van der Waals surface area contributed by atoms with Gasteiger partial charge in [0.05, 0.1) is 12.8 Å². The monoisotopic (exact) mass is 386 g/mol. The van der Waals surface area contributed by atoms with E-state index in [1.165, 1.54) is 0 Å². The number of ether oxygens (including phenoxy) is 1. The Morgan fingerprint density at radius 2 is 1.86 bits per heavy atom. The van der Waals surface area contributed by atoms with E-state index < -0.39 is 5.91 Å². The van der Waals surface area contributed by atoms with Crippen LogP contribution in [0.1, 0.15) is 19.4 Å². The van der Waals surface area contributed by atoms with Crippen LogP contribution < -0.4 is 10.1 Å². The molecule has 1 heterocycles. The summed E-state index contributed by atoms with van der Waals surface area (Å²) in [4.78, 5) is 12.4. The molecule has 146 valence electrons. The standard InChI is InChI=1S/C23H22N4O2/c1-16(2)25-23(28)17(14-24)13-18-15-27(19-9-5-4-6-10-19)26-22(18)20-11-7-8-12-21(20)29-3/h4-13,15-16H,1-3H3,(H,25,28)/b17-13+. The molecule has 0 unspecified atom stereocenters. The quantitative estimate of drug-likeness (QED) is 0.513. The molecule has 1 amide bonds. The Labute approximate surface area is 170 Å². The van der Waals surface area contributed by atoms with Gasteiger partial charge in [-0.05, 0) is 44.2 Å². The van der Waals surface area contributed by atoms with E-state index in [1.54, 1.807) is 24.1 Å². The minimum atomic E-state index is -0.416. The van der Waals surface area contributed by atoms with E-state index >= 15 is 0 Å². The highest BCUT2D eigenvalue weighted by molar-refractivity contribution is 6.02. The van der Waals surface area contributed by atoms with Gasteiger partial charge in [0.15, 0.2) is 0 Å². The second-order valence-corrected chi connectivity index (χ2v) is 6.71. The van der Waals surface area contributed by atoms with Gasteiger partial charge in [-0.1, -0.05) is 30.3 Å². The summed E-state index contributed by atoms with van der Waals surface area (Å²) >= 11 is 0. The topological polar surface area (TPSA) is 79.9 Å². The van der Waals surface area contributed by atoms with Crippen molar-refractivity contribution >= 4 is 12.0 Å². The first-order chi connectivity index (χ1) is 14.0. The summed E-state index contributed by atoms with van der Waals surface area (Å²) in [5.41, 5.74) is 2.93. The van der Waals surface area contributed by atoms with Crippen LogP contribution in [0.15, 0.2) is 66.4 Å². The third-order valence-corrected chi connectivity index (χ3v) is 4.21. The molecule has 0 saturated heterocycles. The van der Waals surface area contributed by atoms with Gasteiger partial charge in [-0.15, -0.1) is 0 Å². The van der Waals surface area contributed by atoms with Gasteiger partial charge < -0.3 is 10.1 Å². The first-order valence-corrected chi connectivity index (χ1v) is 9.24. The largest absolute Gasteiger partial charge is 0.496 e. The molecular weight excluding hydrogens is 364 g/mol. The fourth-order valence-electron chi connectivity index (χ4n) is 2.90. The van der Waals surface area contributed by atoms with Crippen molar-refractivity contribution in [1.82, 2.24) is 15.1 Å². The molecule has 0 radical (unpaired) electrons. The fraction of sp³-hybridized carbons (Fsp3) is 0.174. The molecular formula is C23H22N4O2. The number of rotatable bonds is 6. The lowest BCUT2D eigenvalue weighted by Crippen LogP contribution is -2.30. The average Bonchev–Trinajstić information content (AvgIpc) is 3.15. The van der Waals surface area contributed by atoms with Crippen LogP contribution in [0.2, 0.25) is 0 Å². The van der Waals surface area contributed by atoms with E-state index in [1.807, 2.05) is 74.5 Å². The number of methoxy groups -OCH3 is 1. The van der Waals surface area contributed by atoms with Crippen LogP contribution >= 0.6 is 0 Å². The maximum absolute atomic E-state index is 12.4. The Bertz CT molecular complexity index is 1080. The highest BCUT2D eigenvalue weighted by atomic mass is 16.5. The van der Waals surface area contributed by atoms with E-state index in [4.69, 9.17) is 9.84 Å².